The molecule has 0 aliphatic carbocycles. The third-order valence-electron chi connectivity index (χ3n) is 4.76. The predicted octanol–water partition coefficient (Wildman–Crippen LogP) is 2.65. The largest absolute Gasteiger partial charge is 0.385 e. The van der Waals surface area contributed by atoms with E-state index in [1.807, 2.05) is 6.07 Å². The number of aromatic nitrogens is 2. The Labute approximate surface area is 158 Å². The molecule has 27 heavy (non-hydrogen) atoms. The molecule has 1 aliphatic heterocycles. The van der Waals surface area contributed by atoms with Crippen molar-refractivity contribution in [1.82, 2.24) is 15.3 Å². The van der Waals surface area contributed by atoms with Crippen molar-refractivity contribution in [2.45, 2.75) is 19.3 Å². The van der Waals surface area contributed by atoms with Crippen molar-refractivity contribution in [2.24, 2.45) is 5.92 Å². The average Bonchev–Trinajstić information content (AvgIpc) is 2.72. The second kappa shape index (κ2) is 9.41. The maximum Gasteiger partial charge on any atom is 0.223 e. The van der Waals surface area contributed by atoms with Crippen molar-refractivity contribution in [2.75, 3.05) is 38.3 Å². The van der Waals surface area contributed by atoms with Crippen LogP contribution in [-0.2, 0) is 9.53 Å². The topological polar surface area (TPSA) is 67.3 Å². The number of piperidine rings is 1. The number of halogens is 1. The van der Waals surface area contributed by atoms with E-state index in [-0.39, 0.29) is 17.6 Å². The van der Waals surface area contributed by atoms with Gasteiger partial charge in [0.1, 0.15) is 11.6 Å². The summed E-state index contributed by atoms with van der Waals surface area (Å²) in [4.78, 5) is 23.3. The van der Waals surface area contributed by atoms with Gasteiger partial charge in [0.2, 0.25) is 5.91 Å². The number of anilines is 1. The second-order valence-electron chi connectivity index (χ2n) is 6.64. The van der Waals surface area contributed by atoms with Gasteiger partial charge in [-0.25, -0.2) is 14.4 Å². The number of ether oxygens (including phenoxy) is 1. The summed E-state index contributed by atoms with van der Waals surface area (Å²) < 4.78 is 18.1. The molecule has 2 heterocycles. The van der Waals surface area contributed by atoms with E-state index in [1.165, 1.54) is 12.1 Å². The number of amides is 1. The molecule has 1 amide bonds. The van der Waals surface area contributed by atoms with Crippen molar-refractivity contribution in [3.63, 3.8) is 0 Å². The van der Waals surface area contributed by atoms with Gasteiger partial charge in [0.15, 0.2) is 5.82 Å². The minimum absolute atomic E-state index is 0.0437. The van der Waals surface area contributed by atoms with Crippen molar-refractivity contribution in [3.05, 3.63) is 42.3 Å². The zero-order chi connectivity index (χ0) is 19.1. The number of methoxy groups -OCH3 is 1. The quantitative estimate of drug-likeness (QED) is 0.757. The zero-order valence-corrected chi connectivity index (χ0v) is 15.5. The lowest BCUT2D eigenvalue weighted by Gasteiger charge is -2.32. The first-order valence-electron chi connectivity index (χ1n) is 9.28. The van der Waals surface area contributed by atoms with E-state index in [1.54, 1.807) is 25.4 Å². The summed E-state index contributed by atoms with van der Waals surface area (Å²) in [6, 6.07) is 8.03. The molecular weight excluding hydrogens is 347 g/mol. The molecule has 0 atom stereocenters. The first-order chi connectivity index (χ1) is 13.2. The van der Waals surface area contributed by atoms with Crippen LogP contribution in [0, 0.1) is 11.7 Å². The fourth-order valence-electron chi connectivity index (χ4n) is 3.21. The van der Waals surface area contributed by atoms with Gasteiger partial charge in [-0.1, -0.05) is 0 Å². The molecular formula is C20H25FN4O2. The number of rotatable bonds is 7. The molecule has 1 aromatic carbocycles. The molecule has 7 heteroatoms. The van der Waals surface area contributed by atoms with Crippen molar-refractivity contribution >= 4 is 11.7 Å². The van der Waals surface area contributed by atoms with Gasteiger partial charge in [-0.2, -0.15) is 0 Å². The summed E-state index contributed by atoms with van der Waals surface area (Å²) in [6.45, 7) is 2.86. The fourth-order valence-corrected chi connectivity index (χ4v) is 3.21. The Morgan fingerprint density at radius 3 is 2.70 bits per heavy atom. The lowest BCUT2D eigenvalue weighted by Crippen LogP contribution is -2.41. The number of nitrogens with one attached hydrogen (secondary N) is 1. The van der Waals surface area contributed by atoms with Crippen LogP contribution in [0.5, 0.6) is 0 Å². The highest BCUT2D eigenvalue weighted by atomic mass is 19.1. The van der Waals surface area contributed by atoms with E-state index >= 15 is 0 Å². The van der Waals surface area contributed by atoms with Crippen LogP contribution in [0.3, 0.4) is 0 Å². The zero-order valence-electron chi connectivity index (χ0n) is 15.5. The molecule has 1 saturated heterocycles. The molecule has 1 aromatic heterocycles. The normalized spacial score (nSPS) is 15.0. The second-order valence-corrected chi connectivity index (χ2v) is 6.64. The third-order valence-corrected chi connectivity index (χ3v) is 4.76. The molecule has 1 N–H and O–H groups in total. The highest BCUT2D eigenvalue weighted by Crippen LogP contribution is 2.24. The van der Waals surface area contributed by atoms with Gasteiger partial charge in [-0.3, -0.25) is 4.79 Å². The summed E-state index contributed by atoms with van der Waals surface area (Å²) in [5.74, 6) is 1.30. The van der Waals surface area contributed by atoms with E-state index in [4.69, 9.17) is 4.74 Å². The molecule has 0 unspecified atom stereocenters. The standard InChI is InChI=1S/C20H25FN4O2/c1-27-14-2-10-23-20(26)16-8-12-25(13-9-16)18-7-11-22-19(24-18)15-3-5-17(21)6-4-15/h3-7,11,16H,2,8-10,12-14H2,1H3,(H,23,26). The van der Waals surface area contributed by atoms with Crippen LogP contribution < -0.4 is 10.2 Å². The summed E-state index contributed by atoms with van der Waals surface area (Å²) >= 11 is 0. The van der Waals surface area contributed by atoms with E-state index in [9.17, 15) is 9.18 Å². The fraction of sp³-hybridized carbons (Fsp3) is 0.450. The highest BCUT2D eigenvalue weighted by Gasteiger charge is 2.25. The SMILES string of the molecule is COCCCNC(=O)C1CCN(c2ccnc(-c3ccc(F)cc3)n2)CC1. The summed E-state index contributed by atoms with van der Waals surface area (Å²) in [5, 5.41) is 2.98. The Bertz CT molecular complexity index is 746. The van der Waals surface area contributed by atoms with Gasteiger partial charge in [-0.05, 0) is 49.6 Å². The summed E-state index contributed by atoms with van der Waals surface area (Å²) in [7, 11) is 1.66. The van der Waals surface area contributed by atoms with Crippen molar-refractivity contribution < 1.29 is 13.9 Å². The number of nitrogens with zero attached hydrogens (tertiary/aromatic N) is 3. The average molecular weight is 372 g/mol. The molecule has 3 rings (SSSR count). The van der Waals surface area contributed by atoms with Gasteiger partial charge >= 0.3 is 0 Å². The molecule has 1 aliphatic rings. The van der Waals surface area contributed by atoms with E-state index < -0.39 is 0 Å². The maximum absolute atomic E-state index is 13.1. The molecule has 1 fully saturated rings. The molecule has 0 radical (unpaired) electrons. The molecule has 0 spiro atoms. The summed E-state index contributed by atoms with van der Waals surface area (Å²) in [5.41, 5.74) is 0.781. The molecule has 0 bridgehead atoms. The lowest BCUT2D eigenvalue weighted by molar-refractivity contribution is -0.125. The van der Waals surface area contributed by atoms with Gasteiger partial charge in [0.05, 0.1) is 0 Å². The van der Waals surface area contributed by atoms with Gasteiger partial charge in [0, 0.05) is 51.0 Å². The third kappa shape index (κ3) is 5.23. The molecule has 144 valence electrons. The minimum Gasteiger partial charge on any atom is -0.385 e. The number of benzene rings is 1. The Morgan fingerprint density at radius 2 is 2.00 bits per heavy atom. The summed E-state index contributed by atoms with van der Waals surface area (Å²) in [6.07, 6.45) is 4.14. The Kier molecular flexibility index (Phi) is 6.70. The van der Waals surface area contributed by atoms with E-state index in [0.29, 0.717) is 19.0 Å². The van der Waals surface area contributed by atoms with Crippen LogP contribution in [-0.4, -0.2) is 49.2 Å². The van der Waals surface area contributed by atoms with Crippen LogP contribution in [0.1, 0.15) is 19.3 Å². The first kappa shape index (κ1) is 19.2. The lowest BCUT2D eigenvalue weighted by atomic mass is 9.96. The van der Waals surface area contributed by atoms with Gasteiger partial charge < -0.3 is 15.0 Å². The van der Waals surface area contributed by atoms with Crippen LogP contribution in [0.2, 0.25) is 0 Å². The molecule has 6 nitrogen and oxygen atoms in total. The van der Waals surface area contributed by atoms with Crippen molar-refractivity contribution in [3.8, 4) is 11.4 Å². The van der Waals surface area contributed by atoms with E-state index in [0.717, 1.165) is 43.7 Å². The van der Waals surface area contributed by atoms with Crippen LogP contribution in [0.4, 0.5) is 10.2 Å². The van der Waals surface area contributed by atoms with Gasteiger partial charge in [0.25, 0.3) is 0 Å². The monoisotopic (exact) mass is 372 g/mol. The first-order valence-corrected chi connectivity index (χ1v) is 9.28. The Hall–Kier alpha value is -2.54. The van der Waals surface area contributed by atoms with Crippen LogP contribution >= 0.6 is 0 Å². The number of carbonyl (C=O) groups is 1. The Morgan fingerprint density at radius 1 is 1.26 bits per heavy atom. The number of hydrogen-bond acceptors (Lipinski definition) is 5. The smallest absolute Gasteiger partial charge is 0.223 e. The Balaban J connectivity index is 1.56. The molecule has 2 aromatic rings. The highest BCUT2D eigenvalue weighted by molar-refractivity contribution is 5.78. The number of carbonyl (C=O) groups excluding carboxylic acids is 1. The van der Waals surface area contributed by atoms with Crippen LogP contribution in [0.25, 0.3) is 11.4 Å². The van der Waals surface area contributed by atoms with Gasteiger partial charge in [-0.15, -0.1) is 0 Å². The number of hydrogen-bond donors (Lipinski definition) is 1. The van der Waals surface area contributed by atoms with Crippen molar-refractivity contribution in [1.29, 1.82) is 0 Å². The van der Waals surface area contributed by atoms with E-state index in [2.05, 4.69) is 20.2 Å². The molecule has 0 saturated carbocycles. The minimum atomic E-state index is -0.280. The maximum atomic E-state index is 13.1. The van der Waals surface area contributed by atoms with Crippen LogP contribution in [0.15, 0.2) is 36.5 Å². The predicted molar refractivity (Wildman–Crippen MR) is 102 cm³/mol.